The van der Waals surface area contributed by atoms with Gasteiger partial charge < -0.3 is 10.6 Å². The maximum atomic E-state index is 3.27. The highest BCUT2D eigenvalue weighted by molar-refractivity contribution is 14.1. The lowest BCUT2D eigenvalue weighted by Crippen LogP contribution is -2.28. The number of hydrogen-bond acceptors (Lipinski definition) is 2. The van der Waals surface area contributed by atoms with Crippen molar-refractivity contribution in [2.75, 3.05) is 20.1 Å². The molecule has 0 aliphatic heterocycles. The highest BCUT2D eigenvalue weighted by atomic mass is 127. The average Bonchev–Trinajstić information content (AvgIpc) is 1.66. The molecule has 0 aliphatic rings. The number of rotatable bonds is 4. The molecular formula is C5H13IN2. The molecule has 0 fully saturated rings. The summed E-state index contributed by atoms with van der Waals surface area (Å²) in [4.78, 5) is 0. The Morgan fingerprint density at radius 3 is 2.50 bits per heavy atom. The van der Waals surface area contributed by atoms with Gasteiger partial charge in [-0.1, -0.05) is 22.6 Å². The first-order chi connectivity index (χ1) is 3.77. The molecule has 1 unspecified atom stereocenters. The fourth-order valence-electron chi connectivity index (χ4n) is 0.396. The molecule has 0 aromatic carbocycles. The molecule has 0 radical (unpaired) electrons. The molecule has 0 aliphatic carbocycles. The van der Waals surface area contributed by atoms with E-state index in [-0.39, 0.29) is 0 Å². The minimum absolute atomic E-state index is 0.584. The van der Waals surface area contributed by atoms with Crippen LogP contribution in [0.15, 0.2) is 0 Å². The van der Waals surface area contributed by atoms with Crippen LogP contribution in [0.5, 0.6) is 0 Å². The Bertz CT molecular complexity index is 47.7. The fourth-order valence-corrected chi connectivity index (χ4v) is 0.707. The minimum atomic E-state index is 0.584. The van der Waals surface area contributed by atoms with Crippen LogP contribution in [-0.2, 0) is 0 Å². The van der Waals surface area contributed by atoms with Crippen molar-refractivity contribution in [3.05, 3.63) is 0 Å². The van der Waals surface area contributed by atoms with Crippen molar-refractivity contribution in [1.82, 2.24) is 10.6 Å². The van der Waals surface area contributed by atoms with Gasteiger partial charge in [-0.15, -0.1) is 0 Å². The Morgan fingerprint density at radius 1 is 1.50 bits per heavy atom. The zero-order valence-electron chi connectivity index (χ0n) is 5.37. The number of likely N-dealkylation sites (N-methyl/N-ethyl adjacent to an activating group) is 1. The second-order valence-electron chi connectivity index (χ2n) is 1.67. The second-order valence-corrected chi connectivity index (χ2v) is 3.54. The van der Waals surface area contributed by atoms with Gasteiger partial charge in [0.1, 0.15) is 0 Å². The van der Waals surface area contributed by atoms with Crippen molar-refractivity contribution in [3.8, 4) is 0 Å². The number of halogens is 1. The molecule has 0 saturated carbocycles. The van der Waals surface area contributed by atoms with Gasteiger partial charge >= 0.3 is 0 Å². The highest BCUT2D eigenvalue weighted by Crippen LogP contribution is 1.89. The fraction of sp³-hybridized carbons (Fsp3) is 1.00. The third-order valence-corrected chi connectivity index (χ3v) is 1.24. The third kappa shape index (κ3) is 6.65. The van der Waals surface area contributed by atoms with E-state index in [9.17, 15) is 0 Å². The molecule has 0 rings (SSSR count). The molecule has 3 heteroatoms. The average molecular weight is 228 g/mol. The van der Waals surface area contributed by atoms with Crippen molar-refractivity contribution >= 4 is 22.6 Å². The molecule has 0 saturated heterocycles. The second kappa shape index (κ2) is 5.78. The van der Waals surface area contributed by atoms with Crippen LogP contribution in [0.3, 0.4) is 0 Å². The highest BCUT2D eigenvalue weighted by Gasteiger charge is 1.88. The lowest BCUT2D eigenvalue weighted by molar-refractivity contribution is 0.660. The van der Waals surface area contributed by atoms with Crippen molar-refractivity contribution in [1.29, 1.82) is 0 Å². The molecule has 1 atom stereocenters. The molecule has 0 aromatic heterocycles. The SMILES string of the molecule is CNCCNC(C)I. The zero-order valence-corrected chi connectivity index (χ0v) is 7.53. The van der Waals surface area contributed by atoms with Crippen LogP contribution in [0, 0.1) is 0 Å². The number of nitrogens with one attached hydrogen (secondary N) is 2. The van der Waals surface area contributed by atoms with E-state index in [0.717, 1.165) is 13.1 Å². The molecular weight excluding hydrogens is 215 g/mol. The third-order valence-electron chi connectivity index (χ3n) is 0.801. The molecule has 0 bridgehead atoms. The minimum Gasteiger partial charge on any atom is -0.318 e. The van der Waals surface area contributed by atoms with E-state index in [4.69, 9.17) is 0 Å². The molecule has 2 nitrogen and oxygen atoms in total. The van der Waals surface area contributed by atoms with Gasteiger partial charge in [0.2, 0.25) is 0 Å². The topological polar surface area (TPSA) is 24.1 Å². The first-order valence-electron chi connectivity index (χ1n) is 2.79. The van der Waals surface area contributed by atoms with Crippen molar-refractivity contribution in [3.63, 3.8) is 0 Å². The van der Waals surface area contributed by atoms with Gasteiger partial charge in [-0.25, -0.2) is 0 Å². The first kappa shape index (κ1) is 8.65. The van der Waals surface area contributed by atoms with E-state index in [0.29, 0.717) is 4.05 Å². The van der Waals surface area contributed by atoms with Crippen LogP contribution in [0.4, 0.5) is 0 Å². The first-order valence-corrected chi connectivity index (χ1v) is 4.04. The molecule has 0 spiro atoms. The summed E-state index contributed by atoms with van der Waals surface area (Å²) in [5.74, 6) is 0. The van der Waals surface area contributed by atoms with E-state index in [2.05, 4.69) is 40.1 Å². The van der Waals surface area contributed by atoms with Gasteiger partial charge in [0, 0.05) is 13.1 Å². The van der Waals surface area contributed by atoms with Gasteiger partial charge in [0.25, 0.3) is 0 Å². The predicted molar refractivity (Wildman–Crippen MR) is 45.4 cm³/mol. The Kier molecular flexibility index (Phi) is 6.25. The largest absolute Gasteiger partial charge is 0.318 e. The zero-order chi connectivity index (χ0) is 6.41. The molecule has 50 valence electrons. The summed E-state index contributed by atoms with van der Waals surface area (Å²) in [6.07, 6.45) is 0. The summed E-state index contributed by atoms with van der Waals surface area (Å²) in [7, 11) is 1.96. The summed E-state index contributed by atoms with van der Waals surface area (Å²) < 4.78 is 0.584. The van der Waals surface area contributed by atoms with E-state index >= 15 is 0 Å². The summed E-state index contributed by atoms with van der Waals surface area (Å²) in [6.45, 7) is 4.24. The quantitative estimate of drug-likeness (QED) is 0.318. The van der Waals surface area contributed by atoms with Gasteiger partial charge in [0.15, 0.2) is 0 Å². The Hall–Kier alpha value is 0.650. The summed E-state index contributed by atoms with van der Waals surface area (Å²) in [5.41, 5.74) is 0. The molecule has 0 heterocycles. The van der Waals surface area contributed by atoms with Crippen molar-refractivity contribution in [2.45, 2.75) is 11.0 Å². The lowest BCUT2D eigenvalue weighted by atomic mass is 10.6. The van der Waals surface area contributed by atoms with Crippen LogP contribution < -0.4 is 10.6 Å². The summed E-state index contributed by atoms with van der Waals surface area (Å²) in [6, 6.07) is 0. The van der Waals surface area contributed by atoms with Gasteiger partial charge in [-0.3, -0.25) is 0 Å². The van der Waals surface area contributed by atoms with Gasteiger partial charge in [-0.05, 0) is 14.0 Å². The molecule has 0 aromatic rings. The van der Waals surface area contributed by atoms with E-state index in [1.165, 1.54) is 0 Å². The van der Waals surface area contributed by atoms with Gasteiger partial charge in [-0.2, -0.15) is 0 Å². The summed E-state index contributed by atoms with van der Waals surface area (Å²) >= 11 is 2.34. The van der Waals surface area contributed by atoms with Crippen LogP contribution in [0.25, 0.3) is 0 Å². The maximum absolute atomic E-state index is 3.27. The predicted octanol–water partition coefficient (Wildman–Crippen LogP) is 0.576. The van der Waals surface area contributed by atoms with E-state index in [1.54, 1.807) is 0 Å². The Balaban J connectivity index is 2.72. The van der Waals surface area contributed by atoms with Crippen LogP contribution in [0.2, 0.25) is 0 Å². The maximum Gasteiger partial charge on any atom is 0.0565 e. The van der Waals surface area contributed by atoms with E-state index in [1.807, 2.05) is 7.05 Å². The van der Waals surface area contributed by atoms with Crippen LogP contribution in [0.1, 0.15) is 6.92 Å². The monoisotopic (exact) mass is 228 g/mol. The molecule has 8 heavy (non-hydrogen) atoms. The van der Waals surface area contributed by atoms with Gasteiger partial charge in [0.05, 0.1) is 4.05 Å². The van der Waals surface area contributed by atoms with E-state index < -0.39 is 0 Å². The normalized spacial score (nSPS) is 13.9. The van der Waals surface area contributed by atoms with Crippen LogP contribution >= 0.6 is 22.6 Å². The Morgan fingerprint density at radius 2 is 2.12 bits per heavy atom. The number of alkyl halides is 1. The van der Waals surface area contributed by atoms with Crippen molar-refractivity contribution in [2.24, 2.45) is 0 Å². The summed E-state index contributed by atoms with van der Waals surface area (Å²) in [5, 5.41) is 6.33. The van der Waals surface area contributed by atoms with Crippen LogP contribution in [-0.4, -0.2) is 24.2 Å². The molecule has 0 amide bonds. The smallest absolute Gasteiger partial charge is 0.0565 e. The standard InChI is InChI=1S/C5H13IN2/c1-5(6)8-4-3-7-2/h5,7-8H,3-4H2,1-2H3. The van der Waals surface area contributed by atoms with Crippen molar-refractivity contribution < 1.29 is 0 Å². The Labute approximate surface area is 64.6 Å². The lowest BCUT2D eigenvalue weighted by Gasteiger charge is -2.04. The molecule has 2 N–H and O–H groups in total. The number of hydrogen-bond donors (Lipinski definition) is 2.